The van der Waals surface area contributed by atoms with E-state index in [1.165, 1.54) is 6.08 Å². The number of thioether (sulfide) groups is 1. The van der Waals surface area contributed by atoms with Crippen molar-refractivity contribution in [2.45, 2.75) is 37.6 Å². The van der Waals surface area contributed by atoms with Crippen molar-refractivity contribution in [3.63, 3.8) is 0 Å². The van der Waals surface area contributed by atoms with Crippen LogP contribution in [0.25, 0.3) is 6.08 Å². The van der Waals surface area contributed by atoms with Gasteiger partial charge >= 0.3 is 5.97 Å². The second-order valence-electron chi connectivity index (χ2n) is 5.50. The highest BCUT2D eigenvalue weighted by Gasteiger charge is 2.18. The van der Waals surface area contributed by atoms with Crippen molar-refractivity contribution in [1.29, 1.82) is 0 Å². The summed E-state index contributed by atoms with van der Waals surface area (Å²) >= 11 is 1.66. The Bertz CT molecular complexity index is 535. The Labute approximate surface area is 136 Å². The molecule has 5 heteroatoms. The van der Waals surface area contributed by atoms with E-state index in [2.05, 4.69) is 5.32 Å². The number of rotatable bonds is 7. The van der Waals surface area contributed by atoms with Gasteiger partial charge in [0, 0.05) is 16.5 Å². The number of esters is 1. The lowest BCUT2D eigenvalue weighted by Crippen LogP contribution is -2.44. The maximum atomic E-state index is 11.7. The quantitative estimate of drug-likeness (QED) is 0.476. The molecule has 0 aliphatic rings. The molecule has 0 fully saturated rings. The first-order valence-electron chi connectivity index (χ1n) is 7.16. The summed E-state index contributed by atoms with van der Waals surface area (Å²) < 4.78 is 4.92. The molecular weight excluding hydrogens is 298 g/mol. The van der Waals surface area contributed by atoms with Gasteiger partial charge in [-0.05, 0) is 50.3 Å². The summed E-state index contributed by atoms with van der Waals surface area (Å²) in [6.45, 7) is 5.56. The number of amides is 1. The molecule has 0 bridgehead atoms. The molecule has 0 aliphatic heterocycles. The average Bonchev–Trinajstić information content (AvgIpc) is 2.51. The molecule has 0 saturated carbocycles. The van der Waals surface area contributed by atoms with Gasteiger partial charge in [-0.2, -0.15) is 0 Å². The van der Waals surface area contributed by atoms with Crippen LogP contribution in [0.15, 0.2) is 35.2 Å². The first kappa shape index (κ1) is 18.3. The Hall–Kier alpha value is -1.75. The molecule has 4 nitrogen and oxygen atoms in total. The molecular formula is C17H23NO3S. The van der Waals surface area contributed by atoms with Crippen LogP contribution in [0.4, 0.5) is 0 Å². The van der Waals surface area contributed by atoms with Gasteiger partial charge in [-0.25, -0.2) is 4.79 Å². The van der Waals surface area contributed by atoms with E-state index in [9.17, 15) is 9.59 Å². The fourth-order valence-electron chi connectivity index (χ4n) is 1.57. The molecule has 22 heavy (non-hydrogen) atoms. The van der Waals surface area contributed by atoms with Gasteiger partial charge < -0.3 is 10.1 Å². The molecule has 0 atom stereocenters. The predicted octanol–water partition coefficient (Wildman–Crippen LogP) is 3.27. The lowest BCUT2D eigenvalue weighted by atomic mass is 10.0. The summed E-state index contributed by atoms with van der Waals surface area (Å²) in [6.07, 6.45) is 5.80. The van der Waals surface area contributed by atoms with Crippen LogP contribution in [0.3, 0.4) is 0 Å². The second-order valence-corrected chi connectivity index (χ2v) is 6.38. The highest BCUT2D eigenvalue weighted by Crippen LogP contribution is 2.15. The van der Waals surface area contributed by atoms with Crippen LogP contribution in [-0.2, 0) is 14.3 Å². The van der Waals surface area contributed by atoms with Gasteiger partial charge in [-0.3, -0.25) is 4.79 Å². The number of benzene rings is 1. The van der Waals surface area contributed by atoms with Crippen molar-refractivity contribution in [1.82, 2.24) is 5.32 Å². The summed E-state index contributed by atoms with van der Waals surface area (Å²) in [5.41, 5.74) is 0.615. The molecule has 1 aromatic carbocycles. The first-order valence-corrected chi connectivity index (χ1v) is 8.38. The van der Waals surface area contributed by atoms with Crippen LogP contribution in [0.5, 0.6) is 0 Å². The monoisotopic (exact) mass is 321 g/mol. The van der Waals surface area contributed by atoms with Gasteiger partial charge in [0.15, 0.2) is 6.61 Å². The van der Waals surface area contributed by atoms with Crippen LogP contribution < -0.4 is 5.32 Å². The van der Waals surface area contributed by atoms with Gasteiger partial charge in [-0.1, -0.05) is 19.1 Å². The third kappa shape index (κ3) is 6.80. The smallest absolute Gasteiger partial charge is 0.331 e. The zero-order valence-corrected chi connectivity index (χ0v) is 14.3. The molecule has 1 amide bonds. The maximum Gasteiger partial charge on any atom is 0.331 e. The van der Waals surface area contributed by atoms with Gasteiger partial charge in [0.05, 0.1) is 0 Å². The molecule has 0 aliphatic carbocycles. The van der Waals surface area contributed by atoms with Crippen molar-refractivity contribution in [2.75, 3.05) is 12.9 Å². The Morgan fingerprint density at radius 1 is 1.27 bits per heavy atom. The van der Waals surface area contributed by atoms with Crippen LogP contribution in [0.2, 0.25) is 0 Å². The van der Waals surface area contributed by atoms with Gasteiger partial charge in [0.2, 0.25) is 0 Å². The number of carbonyl (C=O) groups is 2. The van der Waals surface area contributed by atoms with E-state index >= 15 is 0 Å². The Kier molecular flexibility index (Phi) is 7.18. The molecule has 1 N–H and O–H groups in total. The number of hydrogen-bond acceptors (Lipinski definition) is 4. The van der Waals surface area contributed by atoms with E-state index in [1.54, 1.807) is 17.8 Å². The van der Waals surface area contributed by atoms with Gasteiger partial charge in [-0.15, -0.1) is 11.8 Å². The summed E-state index contributed by atoms with van der Waals surface area (Å²) in [5.74, 6) is -0.823. The maximum absolute atomic E-state index is 11.7. The van der Waals surface area contributed by atoms with Crippen LogP contribution in [0, 0.1) is 0 Å². The minimum atomic E-state index is -0.529. The summed E-state index contributed by atoms with van der Waals surface area (Å²) in [4.78, 5) is 24.4. The molecule has 1 rings (SSSR count). The van der Waals surface area contributed by atoms with E-state index < -0.39 is 5.97 Å². The fourth-order valence-corrected chi connectivity index (χ4v) is 1.97. The summed E-state index contributed by atoms with van der Waals surface area (Å²) in [5, 5.41) is 2.81. The minimum Gasteiger partial charge on any atom is -0.452 e. The number of carbonyl (C=O) groups excluding carboxylic acids is 2. The molecule has 0 aromatic heterocycles. The second kappa shape index (κ2) is 8.63. The number of hydrogen-bond donors (Lipinski definition) is 1. The molecule has 0 unspecified atom stereocenters. The standard InChI is InChI=1S/C17H23NO3S/c1-5-17(2,3)18-15(19)12-21-16(20)11-8-13-6-9-14(22-4)10-7-13/h6-11H,5,12H2,1-4H3,(H,18,19)/b11-8+. The third-order valence-corrected chi connectivity index (χ3v) is 3.98. The van der Waals surface area contributed by atoms with E-state index in [-0.39, 0.29) is 18.1 Å². The Morgan fingerprint density at radius 2 is 1.91 bits per heavy atom. The predicted molar refractivity (Wildman–Crippen MR) is 90.7 cm³/mol. The molecule has 1 aromatic rings. The summed E-state index contributed by atoms with van der Waals surface area (Å²) in [6, 6.07) is 7.81. The van der Waals surface area contributed by atoms with Crippen molar-refractivity contribution in [3.8, 4) is 0 Å². The topological polar surface area (TPSA) is 55.4 Å². The van der Waals surface area contributed by atoms with E-state index in [4.69, 9.17) is 4.74 Å². The van der Waals surface area contributed by atoms with Crippen molar-refractivity contribution in [3.05, 3.63) is 35.9 Å². The van der Waals surface area contributed by atoms with E-state index in [0.29, 0.717) is 0 Å². The molecule has 0 spiro atoms. The lowest BCUT2D eigenvalue weighted by molar-refractivity contribution is -0.144. The SMILES string of the molecule is CCC(C)(C)NC(=O)COC(=O)/C=C/c1ccc(SC)cc1. The first-order chi connectivity index (χ1) is 10.4. The van der Waals surface area contributed by atoms with Gasteiger partial charge in [0.25, 0.3) is 5.91 Å². The third-order valence-electron chi connectivity index (χ3n) is 3.23. The van der Waals surface area contributed by atoms with Crippen LogP contribution in [-0.4, -0.2) is 30.3 Å². The van der Waals surface area contributed by atoms with Crippen molar-refractivity contribution >= 4 is 29.7 Å². The summed E-state index contributed by atoms with van der Waals surface area (Å²) in [7, 11) is 0. The molecule has 0 heterocycles. The molecule has 120 valence electrons. The zero-order chi connectivity index (χ0) is 16.6. The number of ether oxygens (including phenoxy) is 1. The van der Waals surface area contributed by atoms with E-state index in [1.807, 2.05) is 51.3 Å². The van der Waals surface area contributed by atoms with Crippen LogP contribution in [0.1, 0.15) is 32.8 Å². The largest absolute Gasteiger partial charge is 0.452 e. The average molecular weight is 321 g/mol. The number of nitrogens with one attached hydrogen (secondary N) is 1. The highest BCUT2D eigenvalue weighted by atomic mass is 32.2. The molecule has 0 saturated heterocycles. The Morgan fingerprint density at radius 3 is 2.45 bits per heavy atom. The van der Waals surface area contributed by atoms with Gasteiger partial charge in [0.1, 0.15) is 0 Å². The fraction of sp³-hybridized carbons (Fsp3) is 0.412. The zero-order valence-electron chi connectivity index (χ0n) is 13.5. The van der Waals surface area contributed by atoms with Crippen LogP contribution >= 0.6 is 11.8 Å². The molecule has 0 radical (unpaired) electrons. The van der Waals surface area contributed by atoms with Crippen molar-refractivity contribution in [2.24, 2.45) is 0 Å². The minimum absolute atomic E-state index is 0.266. The van der Waals surface area contributed by atoms with E-state index in [0.717, 1.165) is 16.9 Å². The Balaban J connectivity index is 2.42. The highest BCUT2D eigenvalue weighted by molar-refractivity contribution is 7.98. The normalized spacial score (nSPS) is 11.5. The van der Waals surface area contributed by atoms with Crippen molar-refractivity contribution < 1.29 is 14.3 Å². The lowest BCUT2D eigenvalue weighted by Gasteiger charge is -2.24.